The zero-order chi connectivity index (χ0) is 37.9. The summed E-state index contributed by atoms with van der Waals surface area (Å²) in [5, 5.41) is 74.0. The van der Waals surface area contributed by atoms with Gasteiger partial charge in [0.2, 0.25) is 5.91 Å². The number of allylic oxidation sites excluding steroid dienone is 2. The van der Waals surface area contributed by atoms with E-state index in [0.29, 0.717) is 19.4 Å². The van der Waals surface area contributed by atoms with E-state index in [2.05, 4.69) is 48.7 Å². The van der Waals surface area contributed by atoms with Crippen LogP contribution >= 0.6 is 0 Å². The molecule has 2 fully saturated rings. The van der Waals surface area contributed by atoms with Crippen molar-refractivity contribution in [1.29, 1.82) is 0 Å². The molecule has 11 atom stereocenters. The van der Waals surface area contributed by atoms with Crippen LogP contribution < -0.4 is 5.32 Å². The van der Waals surface area contributed by atoms with Crippen molar-refractivity contribution in [2.24, 2.45) is 0 Å². The third-order valence-electron chi connectivity index (χ3n) is 9.86. The van der Waals surface area contributed by atoms with E-state index in [4.69, 9.17) is 18.9 Å². The summed E-state index contributed by atoms with van der Waals surface area (Å²) in [4.78, 5) is 12.1. The number of rotatable bonds is 24. The van der Waals surface area contributed by atoms with Gasteiger partial charge in [0, 0.05) is 13.0 Å². The maximum atomic E-state index is 12.1. The Hall–Kier alpha value is -2.01. The molecule has 0 bridgehead atoms. The lowest BCUT2D eigenvalue weighted by molar-refractivity contribution is -0.371. The van der Waals surface area contributed by atoms with E-state index in [1.807, 2.05) is 6.92 Å². The summed E-state index contributed by atoms with van der Waals surface area (Å²) in [5.41, 5.74) is 2.49. The third-order valence-corrected chi connectivity index (χ3v) is 9.86. The number of aliphatic hydroxyl groups is 7. The number of carbonyl (C=O) groups is 1. The van der Waals surface area contributed by atoms with Crippen LogP contribution in [0, 0.1) is 6.92 Å². The summed E-state index contributed by atoms with van der Waals surface area (Å²) in [7, 11) is 0. The van der Waals surface area contributed by atoms with Crippen LogP contribution in [0.15, 0.2) is 36.4 Å². The van der Waals surface area contributed by atoms with Gasteiger partial charge < -0.3 is 60.0 Å². The van der Waals surface area contributed by atoms with Crippen molar-refractivity contribution in [2.75, 3.05) is 19.8 Å². The molecular weight excluding hydrogens is 674 g/mol. The molecule has 52 heavy (non-hydrogen) atoms. The fourth-order valence-corrected chi connectivity index (χ4v) is 6.49. The topological polar surface area (TPSA) is 208 Å². The number of aliphatic hydroxyl groups excluding tert-OH is 7. The summed E-state index contributed by atoms with van der Waals surface area (Å²) < 4.78 is 22.9. The SMILES string of the molecule is Cc1ccc(CCNC(=O)CCCCCCC/C=C/CCCCCCC(C)O[C@@H]2O[C@H](CO)[C@@H](O)[C@H](O)[C@H]2O[C@@H]2O[C@H](CO)[C@@H](O)[C@H](O)[C@H]2O)cc1. The zero-order valence-electron chi connectivity index (χ0n) is 31.0. The molecular formula is C39H65NO12. The first kappa shape index (κ1) is 44.4. The predicted molar refractivity (Wildman–Crippen MR) is 194 cm³/mol. The lowest BCUT2D eigenvalue weighted by Gasteiger charge is -2.46. The molecule has 13 nitrogen and oxygen atoms in total. The van der Waals surface area contributed by atoms with E-state index < -0.39 is 74.6 Å². The molecule has 1 aromatic rings. The van der Waals surface area contributed by atoms with Crippen molar-refractivity contribution in [3.05, 3.63) is 47.5 Å². The Balaban J connectivity index is 1.22. The predicted octanol–water partition coefficient (Wildman–Crippen LogP) is 2.31. The Morgan fingerprint density at radius 2 is 1.31 bits per heavy atom. The lowest BCUT2D eigenvalue weighted by atomic mass is 9.97. The van der Waals surface area contributed by atoms with E-state index >= 15 is 0 Å². The third kappa shape index (κ3) is 15.0. The number of hydrogen-bond acceptors (Lipinski definition) is 12. The van der Waals surface area contributed by atoms with Gasteiger partial charge >= 0.3 is 0 Å². The van der Waals surface area contributed by atoms with Crippen molar-refractivity contribution in [3.63, 3.8) is 0 Å². The van der Waals surface area contributed by atoms with Crippen molar-refractivity contribution in [2.45, 2.75) is 171 Å². The maximum Gasteiger partial charge on any atom is 0.220 e. The molecule has 1 unspecified atom stereocenters. The minimum absolute atomic E-state index is 0.141. The Morgan fingerprint density at radius 3 is 1.94 bits per heavy atom. The number of amides is 1. The Labute approximate surface area is 308 Å². The quantitative estimate of drug-likeness (QED) is 0.0568. The highest BCUT2D eigenvalue weighted by Gasteiger charge is 2.51. The molecule has 2 heterocycles. The van der Waals surface area contributed by atoms with Gasteiger partial charge in [0.1, 0.15) is 48.8 Å². The summed E-state index contributed by atoms with van der Waals surface area (Å²) in [5.74, 6) is 0.141. The van der Waals surface area contributed by atoms with Crippen LogP contribution in [0.1, 0.15) is 102 Å². The molecule has 2 aliphatic rings. The first-order valence-electron chi connectivity index (χ1n) is 19.3. The molecule has 2 aliphatic heterocycles. The van der Waals surface area contributed by atoms with Gasteiger partial charge in [-0.25, -0.2) is 0 Å². The van der Waals surface area contributed by atoms with Crippen molar-refractivity contribution in [1.82, 2.24) is 5.32 Å². The van der Waals surface area contributed by atoms with E-state index in [1.165, 1.54) is 17.5 Å². The molecule has 0 aromatic heterocycles. The average molecular weight is 740 g/mol. The van der Waals surface area contributed by atoms with Crippen LogP contribution in [-0.2, 0) is 30.2 Å². The zero-order valence-corrected chi connectivity index (χ0v) is 31.0. The highest BCUT2D eigenvalue weighted by atomic mass is 16.8. The van der Waals surface area contributed by atoms with Gasteiger partial charge in [-0.2, -0.15) is 0 Å². The first-order chi connectivity index (χ1) is 25.0. The average Bonchev–Trinajstić information content (AvgIpc) is 3.13. The van der Waals surface area contributed by atoms with Gasteiger partial charge in [-0.15, -0.1) is 0 Å². The minimum atomic E-state index is -1.71. The maximum absolute atomic E-state index is 12.1. The van der Waals surface area contributed by atoms with E-state index in [9.17, 15) is 40.5 Å². The Morgan fingerprint density at radius 1 is 0.750 bits per heavy atom. The highest BCUT2D eigenvalue weighted by Crippen LogP contribution is 2.30. The van der Waals surface area contributed by atoms with Crippen LogP contribution in [0.25, 0.3) is 0 Å². The largest absolute Gasteiger partial charge is 0.394 e. The molecule has 2 saturated heterocycles. The number of carbonyl (C=O) groups excluding carboxylic acids is 1. The molecule has 3 rings (SSSR count). The Kier molecular flexibility index (Phi) is 20.8. The summed E-state index contributed by atoms with van der Waals surface area (Å²) in [6.07, 6.45) is 3.32. The van der Waals surface area contributed by atoms with Crippen molar-refractivity contribution in [3.8, 4) is 0 Å². The standard InChI is InChI=1S/C39H65NO12/c1-26-18-20-28(21-19-26)22-23-40-31(43)17-15-13-11-9-7-5-3-4-6-8-10-12-14-16-27(2)49-39-37(35(47)33(45)30(25-42)51-39)52-38-36(48)34(46)32(44)29(24-41)50-38/h3-4,18-21,27,29-30,32-39,41-42,44-48H,5-17,22-25H2,1-2H3,(H,40,43)/b4-3+/t27?,29-,30-,32-,33-,34+,35+,36-,37-,38+,39-/m1/s1. The molecule has 298 valence electrons. The number of aryl methyl sites for hydroxylation is 1. The second-order valence-electron chi connectivity index (χ2n) is 14.3. The van der Waals surface area contributed by atoms with E-state index in [-0.39, 0.29) is 12.0 Å². The molecule has 0 radical (unpaired) electrons. The molecule has 8 N–H and O–H groups in total. The van der Waals surface area contributed by atoms with Gasteiger partial charge in [0.25, 0.3) is 0 Å². The fourth-order valence-electron chi connectivity index (χ4n) is 6.49. The summed E-state index contributed by atoms with van der Waals surface area (Å²) in [6, 6.07) is 8.42. The number of nitrogens with one attached hydrogen (secondary N) is 1. The van der Waals surface area contributed by atoms with Gasteiger partial charge in [0.15, 0.2) is 12.6 Å². The normalized spacial score (nSPS) is 30.1. The molecule has 0 aliphatic carbocycles. The van der Waals surface area contributed by atoms with Gasteiger partial charge in [-0.05, 0) is 64.4 Å². The highest BCUT2D eigenvalue weighted by molar-refractivity contribution is 5.75. The van der Waals surface area contributed by atoms with Gasteiger partial charge in [-0.1, -0.05) is 80.5 Å². The number of benzene rings is 1. The first-order valence-corrected chi connectivity index (χ1v) is 19.3. The number of hydrogen-bond donors (Lipinski definition) is 8. The molecule has 0 saturated carbocycles. The van der Waals surface area contributed by atoms with E-state index in [1.54, 1.807) is 0 Å². The van der Waals surface area contributed by atoms with Gasteiger partial charge in [0.05, 0.1) is 19.3 Å². The monoisotopic (exact) mass is 739 g/mol. The fraction of sp³-hybridized carbons (Fsp3) is 0.769. The van der Waals surface area contributed by atoms with Crippen LogP contribution in [0.4, 0.5) is 0 Å². The smallest absolute Gasteiger partial charge is 0.220 e. The second kappa shape index (κ2) is 24.4. The van der Waals surface area contributed by atoms with Crippen LogP contribution in [-0.4, -0.2) is 129 Å². The lowest BCUT2D eigenvalue weighted by Crippen LogP contribution is -2.64. The summed E-state index contributed by atoms with van der Waals surface area (Å²) in [6.45, 7) is 3.36. The van der Waals surface area contributed by atoms with Gasteiger partial charge in [-0.3, -0.25) is 4.79 Å². The second-order valence-corrected chi connectivity index (χ2v) is 14.3. The van der Waals surface area contributed by atoms with Crippen LogP contribution in [0.5, 0.6) is 0 Å². The van der Waals surface area contributed by atoms with Crippen LogP contribution in [0.3, 0.4) is 0 Å². The number of unbranched alkanes of at least 4 members (excludes halogenated alkanes) is 9. The van der Waals surface area contributed by atoms with Crippen LogP contribution in [0.2, 0.25) is 0 Å². The molecule has 0 spiro atoms. The minimum Gasteiger partial charge on any atom is -0.394 e. The molecule has 1 aromatic carbocycles. The molecule has 13 heteroatoms. The Bertz CT molecular complexity index is 1140. The number of ether oxygens (including phenoxy) is 4. The van der Waals surface area contributed by atoms with Crippen molar-refractivity contribution < 1.29 is 59.5 Å². The summed E-state index contributed by atoms with van der Waals surface area (Å²) >= 11 is 0. The molecule has 1 amide bonds. The van der Waals surface area contributed by atoms with Crippen molar-refractivity contribution >= 4 is 5.91 Å². The van der Waals surface area contributed by atoms with E-state index in [0.717, 1.165) is 70.6 Å².